The van der Waals surface area contributed by atoms with Crippen molar-refractivity contribution < 1.29 is 9.53 Å². The van der Waals surface area contributed by atoms with E-state index in [2.05, 4.69) is 20.8 Å². The van der Waals surface area contributed by atoms with E-state index in [1.807, 2.05) is 6.92 Å². The molecule has 2 N–H and O–H groups in total. The molecular weight excluding hydrogens is 216 g/mol. The lowest BCUT2D eigenvalue weighted by molar-refractivity contribution is 0.0452. The van der Waals surface area contributed by atoms with Gasteiger partial charge in [0.1, 0.15) is 5.69 Å². The van der Waals surface area contributed by atoms with Crippen LogP contribution in [0.5, 0.6) is 0 Å². The molecule has 1 heterocycles. The molecule has 17 heavy (non-hydrogen) atoms. The number of carbonyl (C=O) groups excluding carboxylic acids is 1. The maximum absolute atomic E-state index is 11.8. The van der Waals surface area contributed by atoms with Gasteiger partial charge in [0, 0.05) is 12.7 Å². The van der Waals surface area contributed by atoms with Crippen LogP contribution in [0.2, 0.25) is 0 Å². The number of nitrogens with zero attached hydrogens (tertiary/aromatic N) is 1. The van der Waals surface area contributed by atoms with Gasteiger partial charge in [-0.1, -0.05) is 20.8 Å². The van der Waals surface area contributed by atoms with Crippen LogP contribution in [0.25, 0.3) is 0 Å². The number of esters is 1. The summed E-state index contributed by atoms with van der Waals surface area (Å²) < 4.78 is 7.04. The fourth-order valence-corrected chi connectivity index (χ4v) is 1.49. The highest BCUT2D eigenvalue weighted by atomic mass is 16.5. The van der Waals surface area contributed by atoms with E-state index in [0.29, 0.717) is 24.5 Å². The number of rotatable bonds is 4. The minimum Gasteiger partial charge on any atom is -0.461 e. The molecule has 96 valence electrons. The molecule has 0 aromatic carbocycles. The number of carbonyl (C=O) groups is 1. The Kier molecular flexibility index (Phi) is 4.21. The fraction of sp³-hybridized carbons (Fsp3) is 0.615. The van der Waals surface area contributed by atoms with Gasteiger partial charge in [-0.25, -0.2) is 4.79 Å². The van der Waals surface area contributed by atoms with E-state index in [1.54, 1.807) is 16.8 Å². The third-order valence-corrected chi connectivity index (χ3v) is 2.55. The van der Waals surface area contributed by atoms with E-state index < -0.39 is 0 Å². The highest BCUT2D eigenvalue weighted by molar-refractivity contribution is 5.89. The normalized spacial score (nSPS) is 11.5. The Morgan fingerprint density at radius 2 is 2.12 bits per heavy atom. The fourth-order valence-electron chi connectivity index (χ4n) is 1.49. The number of anilines is 1. The van der Waals surface area contributed by atoms with Crippen molar-refractivity contribution in [3.63, 3.8) is 0 Å². The van der Waals surface area contributed by atoms with Crippen LogP contribution < -0.4 is 5.73 Å². The van der Waals surface area contributed by atoms with Crippen LogP contribution in [0.4, 0.5) is 5.69 Å². The summed E-state index contributed by atoms with van der Waals surface area (Å²) in [5.74, 6) is -0.298. The number of hydrogen-bond acceptors (Lipinski definition) is 3. The smallest absolute Gasteiger partial charge is 0.355 e. The number of ether oxygens (including phenoxy) is 1. The summed E-state index contributed by atoms with van der Waals surface area (Å²) in [6.07, 6.45) is 2.60. The molecule has 0 radical (unpaired) electrons. The molecule has 0 aliphatic carbocycles. The highest BCUT2D eigenvalue weighted by Crippen LogP contribution is 2.19. The molecule has 1 rings (SSSR count). The molecule has 4 nitrogen and oxygen atoms in total. The first-order valence-corrected chi connectivity index (χ1v) is 5.96. The summed E-state index contributed by atoms with van der Waals surface area (Å²) in [5, 5.41) is 0. The molecule has 1 aromatic rings. The monoisotopic (exact) mass is 238 g/mol. The second-order valence-electron chi connectivity index (χ2n) is 5.39. The zero-order valence-electron chi connectivity index (χ0n) is 11.1. The highest BCUT2D eigenvalue weighted by Gasteiger charge is 2.15. The predicted molar refractivity (Wildman–Crippen MR) is 68.9 cm³/mol. The first-order valence-electron chi connectivity index (χ1n) is 5.96. The summed E-state index contributed by atoms with van der Waals surface area (Å²) in [6.45, 7) is 9.47. The van der Waals surface area contributed by atoms with Gasteiger partial charge in [0.2, 0.25) is 0 Å². The van der Waals surface area contributed by atoms with Gasteiger partial charge in [0.25, 0.3) is 0 Å². The Morgan fingerprint density at radius 1 is 1.47 bits per heavy atom. The number of aromatic nitrogens is 1. The zero-order valence-corrected chi connectivity index (χ0v) is 11.1. The lowest BCUT2D eigenvalue weighted by Crippen LogP contribution is -2.15. The molecule has 0 fully saturated rings. The Hall–Kier alpha value is -1.45. The molecule has 0 spiro atoms. The van der Waals surface area contributed by atoms with E-state index in [1.165, 1.54) is 0 Å². The molecule has 0 aliphatic rings. The molecule has 0 saturated carbocycles. The van der Waals surface area contributed by atoms with Crippen molar-refractivity contribution in [1.29, 1.82) is 0 Å². The predicted octanol–water partition coefficient (Wildman–Crippen LogP) is 2.68. The lowest BCUT2D eigenvalue weighted by atomic mass is 9.93. The van der Waals surface area contributed by atoms with Crippen LogP contribution in [0.3, 0.4) is 0 Å². The molecular formula is C13H22N2O2. The first-order chi connectivity index (χ1) is 7.83. The summed E-state index contributed by atoms with van der Waals surface area (Å²) in [6, 6.07) is 1.66. The van der Waals surface area contributed by atoms with Crippen LogP contribution in [-0.4, -0.2) is 17.1 Å². The minimum atomic E-state index is -0.298. The van der Waals surface area contributed by atoms with Crippen LogP contribution in [0.1, 0.15) is 44.6 Å². The first kappa shape index (κ1) is 13.6. The summed E-state index contributed by atoms with van der Waals surface area (Å²) in [7, 11) is 0. The second kappa shape index (κ2) is 5.25. The van der Waals surface area contributed by atoms with Crippen LogP contribution in [0.15, 0.2) is 12.3 Å². The largest absolute Gasteiger partial charge is 0.461 e. The van der Waals surface area contributed by atoms with Crippen molar-refractivity contribution in [3.05, 3.63) is 18.0 Å². The Morgan fingerprint density at radius 3 is 2.65 bits per heavy atom. The molecule has 1 aromatic heterocycles. The van der Waals surface area contributed by atoms with Gasteiger partial charge in [-0.05, 0) is 24.8 Å². The van der Waals surface area contributed by atoms with Crippen molar-refractivity contribution >= 4 is 11.7 Å². The Labute approximate surface area is 103 Å². The second-order valence-corrected chi connectivity index (χ2v) is 5.39. The van der Waals surface area contributed by atoms with Gasteiger partial charge in [-0.3, -0.25) is 0 Å². The summed E-state index contributed by atoms with van der Waals surface area (Å²) >= 11 is 0. The number of nitrogen functional groups attached to an aromatic ring is 1. The molecule has 0 amide bonds. The van der Waals surface area contributed by atoms with E-state index in [-0.39, 0.29) is 11.4 Å². The van der Waals surface area contributed by atoms with Crippen LogP contribution in [-0.2, 0) is 11.3 Å². The summed E-state index contributed by atoms with van der Waals surface area (Å²) in [4.78, 5) is 11.8. The van der Waals surface area contributed by atoms with Crippen molar-refractivity contribution in [1.82, 2.24) is 4.57 Å². The van der Waals surface area contributed by atoms with Gasteiger partial charge in [-0.15, -0.1) is 0 Å². The van der Waals surface area contributed by atoms with E-state index in [9.17, 15) is 4.79 Å². The minimum absolute atomic E-state index is 0.173. The van der Waals surface area contributed by atoms with E-state index in [4.69, 9.17) is 10.5 Å². The van der Waals surface area contributed by atoms with Gasteiger partial charge in [0.05, 0.1) is 12.3 Å². The van der Waals surface area contributed by atoms with Gasteiger partial charge in [0.15, 0.2) is 0 Å². The third kappa shape index (κ3) is 4.13. The van der Waals surface area contributed by atoms with E-state index >= 15 is 0 Å². The number of aryl methyl sites for hydroxylation is 1. The van der Waals surface area contributed by atoms with Gasteiger partial charge in [-0.2, -0.15) is 0 Å². The van der Waals surface area contributed by atoms with E-state index in [0.717, 1.165) is 6.42 Å². The molecule has 0 aliphatic heterocycles. The molecule has 4 heteroatoms. The molecule has 0 atom stereocenters. The standard InChI is InChI=1S/C13H22N2O2/c1-5-15-9-10(14)8-11(15)12(16)17-7-6-13(2,3)4/h8-9H,5-7,14H2,1-4H3. The third-order valence-electron chi connectivity index (χ3n) is 2.55. The molecule has 0 bridgehead atoms. The van der Waals surface area contributed by atoms with Crippen molar-refractivity contribution in [3.8, 4) is 0 Å². The van der Waals surface area contributed by atoms with Crippen molar-refractivity contribution in [2.24, 2.45) is 5.41 Å². The van der Waals surface area contributed by atoms with Crippen LogP contribution >= 0.6 is 0 Å². The Bertz CT molecular complexity index is 389. The topological polar surface area (TPSA) is 57.2 Å². The van der Waals surface area contributed by atoms with Crippen molar-refractivity contribution in [2.75, 3.05) is 12.3 Å². The van der Waals surface area contributed by atoms with Crippen molar-refractivity contribution in [2.45, 2.75) is 40.7 Å². The zero-order chi connectivity index (χ0) is 13.1. The maximum atomic E-state index is 11.8. The number of hydrogen-bond donors (Lipinski definition) is 1. The molecule has 0 saturated heterocycles. The average molecular weight is 238 g/mol. The Balaban J connectivity index is 2.58. The lowest BCUT2D eigenvalue weighted by Gasteiger charge is -2.17. The average Bonchev–Trinajstić information content (AvgIpc) is 2.57. The summed E-state index contributed by atoms with van der Waals surface area (Å²) in [5.41, 5.74) is 6.95. The number of nitrogens with two attached hydrogens (primary N) is 1. The van der Waals surface area contributed by atoms with Gasteiger partial charge >= 0.3 is 5.97 Å². The quantitative estimate of drug-likeness (QED) is 0.820. The maximum Gasteiger partial charge on any atom is 0.355 e. The SMILES string of the molecule is CCn1cc(N)cc1C(=O)OCCC(C)(C)C. The molecule has 0 unspecified atom stereocenters. The van der Waals surface area contributed by atoms with Crippen LogP contribution in [0, 0.1) is 5.41 Å². The van der Waals surface area contributed by atoms with Gasteiger partial charge < -0.3 is 15.0 Å².